The Bertz CT molecular complexity index is 1090. The van der Waals surface area contributed by atoms with Crippen LogP contribution in [-0.2, 0) is 0 Å². The molecule has 154 valence electrons. The number of fused-ring (bicyclic) bond motifs is 2. The van der Waals surface area contributed by atoms with Crippen molar-refractivity contribution in [1.29, 1.82) is 0 Å². The van der Waals surface area contributed by atoms with Crippen molar-refractivity contribution < 1.29 is 9.18 Å². The van der Waals surface area contributed by atoms with E-state index >= 15 is 0 Å². The summed E-state index contributed by atoms with van der Waals surface area (Å²) in [6.07, 6.45) is 4.94. The van der Waals surface area contributed by atoms with Crippen molar-refractivity contribution in [3.63, 3.8) is 0 Å². The van der Waals surface area contributed by atoms with E-state index in [0.29, 0.717) is 34.3 Å². The van der Waals surface area contributed by atoms with E-state index in [4.69, 9.17) is 11.6 Å². The maximum absolute atomic E-state index is 13.8. The molecule has 30 heavy (non-hydrogen) atoms. The van der Waals surface area contributed by atoms with Crippen LogP contribution in [0.3, 0.4) is 0 Å². The predicted molar refractivity (Wildman–Crippen MR) is 117 cm³/mol. The van der Waals surface area contributed by atoms with Crippen molar-refractivity contribution in [3.8, 4) is 0 Å². The van der Waals surface area contributed by atoms with E-state index in [1.807, 2.05) is 12.3 Å². The SMILES string of the molecule is CC[C@@H](NC(=O)c1ccc(Cl)cc1)C1[C@@H]2CC(c3ccnc4ccc(F)cc34)C[C@@H]12. The second kappa shape index (κ2) is 7.66. The molecular formula is C25H24ClFN2O. The Balaban J connectivity index is 1.27. The molecule has 1 aromatic heterocycles. The van der Waals surface area contributed by atoms with E-state index in [0.717, 1.165) is 30.2 Å². The van der Waals surface area contributed by atoms with Crippen LogP contribution in [0.1, 0.15) is 48.0 Å². The fourth-order valence-electron chi connectivity index (χ4n) is 5.56. The van der Waals surface area contributed by atoms with Gasteiger partial charge in [-0.15, -0.1) is 0 Å². The average Bonchev–Trinajstić information content (AvgIpc) is 3.23. The van der Waals surface area contributed by atoms with E-state index in [2.05, 4.69) is 17.2 Å². The molecule has 0 unspecified atom stereocenters. The van der Waals surface area contributed by atoms with Gasteiger partial charge >= 0.3 is 0 Å². The lowest BCUT2D eigenvalue weighted by Crippen LogP contribution is -2.37. The number of nitrogens with zero attached hydrogens (tertiary/aromatic N) is 1. The number of amides is 1. The van der Waals surface area contributed by atoms with Crippen LogP contribution >= 0.6 is 11.6 Å². The van der Waals surface area contributed by atoms with Crippen LogP contribution in [0.5, 0.6) is 0 Å². The highest BCUT2D eigenvalue weighted by atomic mass is 35.5. The number of rotatable bonds is 5. The summed E-state index contributed by atoms with van der Waals surface area (Å²) in [5, 5.41) is 4.81. The first-order valence-electron chi connectivity index (χ1n) is 10.7. The van der Waals surface area contributed by atoms with Crippen molar-refractivity contribution in [1.82, 2.24) is 10.3 Å². The van der Waals surface area contributed by atoms with Gasteiger partial charge in [-0.2, -0.15) is 0 Å². The fourth-order valence-corrected chi connectivity index (χ4v) is 5.69. The molecule has 0 spiro atoms. The minimum absolute atomic E-state index is 0.0318. The number of carbonyl (C=O) groups excluding carboxylic acids is 1. The summed E-state index contributed by atoms with van der Waals surface area (Å²) in [5.41, 5.74) is 2.71. The van der Waals surface area contributed by atoms with Gasteiger partial charge in [-0.3, -0.25) is 9.78 Å². The molecule has 3 aromatic rings. The molecule has 2 aliphatic rings. The molecule has 3 atom stereocenters. The maximum Gasteiger partial charge on any atom is 0.251 e. The van der Waals surface area contributed by atoms with E-state index in [1.165, 1.54) is 11.6 Å². The first kappa shape index (κ1) is 19.5. The molecule has 1 amide bonds. The Kier molecular flexibility index (Phi) is 4.98. The zero-order chi connectivity index (χ0) is 20.8. The van der Waals surface area contributed by atoms with Gasteiger partial charge in [0, 0.05) is 28.2 Å². The van der Waals surface area contributed by atoms with Crippen molar-refractivity contribution in [2.75, 3.05) is 0 Å². The Labute approximate surface area is 180 Å². The van der Waals surface area contributed by atoms with E-state index in [9.17, 15) is 9.18 Å². The van der Waals surface area contributed by atoms with Crippen molar-refractivity contribution >= 4 is 28.4 Å². The van der Waals surface area contributed by atoms with Crippen molar-refractivity contribution in [2.45, 2.75) is 38.1 Å². The molecule has 1 heterocycles. The van der Waals surface area contributed by atoms with Gasteiger partial charge in [0.05, 0.1) is 5.52 Å². The number of carbonyl (C=O) groups is 1. The Morgan fingerprint density at radius 1 is 1.17 bits per heavy atom. The van der Waals surface area contributed by atoms with Crippen molar-refractivity contribution in [3.05, 3.63) is 76.7 Å². The molecule has 0 radical (unpaired) electrons. The summed E-state index contributed by atoms with van der Waals surface area (Å²) in [5.74, 6) is 1.98. The summed E-state index contributed by atoms with van der Waals surface area (Å²) < 4.78 is 13.8. The van der Waals surface area contributed by atoms with Crippen LogP contribution in [0.15, 0.2) is 54.7 Å². The Morgan fingerprint density at radius 2 is 1.90 bits per heavy atom. The smallest absolute Gasteiger partial charge is 0.251 e. The van der Waals surface area contributed by atoms with Crippen molar-refractivity contribution in [2.24, 2.45) is 17.8 Å². The number of hydrogen-bond acceptors (Lipinski definition) is 2. The predicted octanol–water partition coefficient (Wildman–Crippen LogP) is 5.98. The van der Waals surface area contributed by atoms with Gasteiger partial charge in [0.1, 0.15) is 5.82 Å². The zero-order valence-electron chi connectivity index (χ0n) is 16.8. The highest BCUT2D eigenvalue weighted by molar-refractivity contribution is 6.30. The maximum atomic E-state index is 13.8. The van der Waals surface area contributed by atoms with E-state index in [-0.39, 0.29) is 17.8 Å². The second-order valence-corrected chi connectivity index (χ2v) is 9.07. The summed E-state index contributed by atoms with van der Waals surface area (Å²) in [7, 11) is 0. The average molecular weight is 423 g/mol. The van der Waals surface area contributed by atoms with Crippen LogP contribution in [0.2, 0.25) is 5.02 Å². The first-order valence-corrected chi connectivity index (χ1v) is 11.0. The Hall–Kier alpha value is -2.46. The van der Waals surface area contributed by atoms with E-state index in [1.54, 1.807) is 36.4 Å². The lowest BCUT2D eigenvalue weighted by atomic mass is 9.88. The summed E-state index contributed by atoms with van der Waals surface area (Å²) in [6.45, 7) is 2.14. The molecule has 0 saturated heterocycles. The molecular weight excluding hydrogens is 399 g/mol. The largest absolute Gasteiger partial charge is 0.349 e. The molecule has 0 aliphatic heterocycles. The topological polar surface area (TPSA) is 42.0 Å². The lowest BCUT2D eigenvalue weighted by molar-refractivity contribution is 0.0927. The normalized spacial score (nSPS) is 23.9. The van der Waals surface area contributed by atoms with Crippen LogP contribution < -0.4 is 5.32 Å². The molecule has 2 fully saturated rings. The molecule has 1 N–H and O–H groups in total. The molecule has 2 aliphatic carbocycles. The van der Waals surface area contributed by atoms with Crippen LogP contribution in [0.25, 0.3) is 10.9 Å². The number of nitrogens with one attached hydrogen (secondary N) is 1. The minimum atomic E-state index is -0.214. The van der Waals surface area contributed by atoms with Gasteiger partial charge < -0.3 is 5.32 Å². The van der Waals surface area contributed by atoms with Gasteiger partial charge in [0.25, 0.3) is 5.91 Å². The van der Waals surface area contributed by atoms with Crippen LogP contribution in [0.4, 0.5) is 4.39 Å². The molecule has 2 saturated carbocycles. The summed E-state index contributed by atoms with van der Waals surface area (Å²) >= 11 is 5.93. The Morgan fingerprint density at radius 3 is 2.60 bits per heavy atom. The van der Waals surface area contributed by atoms with Gasteiger partial charge in [-0.05, 0) is 97.0 Å². The second-order valence-electron chi connectivity index (χ2n) is 8.63. The monoisotopic (exact) mass is 422 g/mol. The quantitative estimate of drug-likeness (QED) is 0.549. The third-order valence-electron chi connectivity index (χ3n) is 7.02. The molecule has 5 rings (SSSR count). The number of benzene rings is 2. The number of hydrogen-bond donors (Lipinski definition) is 1. The molecule has 0 bridgehead atoms. The number of aromatic nitrogens is 1. The molecule has 5 heteroatoms. The van der Waals surface area contributed by atoms with Crippen LogP contribution in [-0.4, -0.2) is 16.9 Å². The number of pyridine rings is 1. The summed E-state index contributed by atoms with van der Waals surface area (Å²) in [6, 6.07) is 14.1. The fraction of sp³-hybridized carbons (Fsp3) is 0.360. The third kappa shape index (κ3) is 3.47. The highest BCUT2D eigenvalue weighted by Crippen LogP contribution is 2.64. The van der Waals surface area contributed by atoms with Gasteiger partial charge in [-0.25, -0.2) is 4.39 Å². The van der Waals surface area contributed by atoms with E-state index < -0.39 is 0 Å². The first-order chi connectivity index (χ1) is 14.5. The third-order valence-corrected chi connectivity index (χ3v) is 7.27. The standard InChI is InChI=1S/C25H24ClFN2O/c1-2-22(29-25(30)14-3-5-16(26)6-4-14)24-20-11-15(12-21(20)24)18-9-10-28-23-8-7-17(27)13-19(18)23/h3-10,13,15,20-22,24H,2,11-12H2,1H3,(H,29,30)/t15?,20-,21-,22-,24?/m1/s1. The summed E-state index contributed by atoms with van der Waals surface area (Å²) in [4.78, 5) is 17.0. The van der Waals surface area contributed by atoms with Gasteiger partial charge in [0.2, 0.25) is 0 Å². The molecule has 2 aromatic carbocycles. The lowest BCUT2D eigenvalue weighted by Gasteiger charge is -2.22. The minimum Gasteiger partial charge on any atom is -0.349 e. The van der Waals surface area contributed by atoms with Gasteiger partial charge in [0.15, 0.2) is 0 Å². The molecule has 3 nitrogen and oxygen atoms in total. The number of halogens is 2. The van der Waals surface area contributed by atoms with Crippen LogP contribution in [0, 0.1) is 23.6 Å². The zero-order valence-corrected chi connectivity index (χ0v) is 17.6. The highest BCUT2D eigenvalue weighted by Gasteiger charge is 2.58. The van der Waals surface area contributed by atoms with Gasteiger partial charge in [-0.1, -0.05) is 18.5 Å².